The van der Waals surface area contributed by atoms with Gasteiger partial charge in [0.2, 0.25) is 0 Å². The van der Waals surface area contributed by atoms with Crippen molar-refractivity contribution in [3.63, 3.8) is 0 Å². The van der Waals surface area contributed by atoms with Crippen LogP contribution in [0.25, 0.3) is 5.69 Å². The summed E-state index contributed by atoms with van der Waals surface area (Å²) < 4.78 is 20.5. The second-order valence-electron chi connectivity index (χ2n) is 6.56. The first kappa shape index (κ1) is 18.6. The van der Waals surface area contributed by atoms with Crippen molar-refractivity contribution in [2.24, 2.45) is 0 Å². The summed E-state index contributed by atoms with van der Waals surface area (Å²) >= 11 is 0. The zero-order valence-corrected chi connectivity index (χ0v) is 15.5. The molecule has 1 amide bonds. The van der Waals surface area contributed by atoms with Gasteiger partial charge in [0.25, 0.3) is 5.91 Å². The molecule has 0 radical (unpaired) electrons. The van der Waals surface area contributed by atoms with Crippen molar-refractivity contribution in [2.75, 3.05) is 0 Å². The van der Waals surface area contributed by atoms with Crippen molar-refractivity contribution in [3.05, 3.63) is 77.9 Å². The average molecular weight is 367 g/mol. The molecular weight excluding hydrogens is 345 g/mol. The number of carbonyl (C=O) groups excluding carboxylic acids is 1. The smallest absolute Gasteiger partial charge is 0.272 e. The molecule has 1 atom stereocenters. The number of benzene rings is 2. The van der Waals surface area contributed by atoms with Crippen LogP contribution in [0.3, 0.4) is 0 Å². The van der Waals surface area contributed by atoms with Crippen molar-refractivity contribution >= 4 is 5.91 Å². The Balaban J connectivity index is 1.70. The molecule has 0 aliphatic carbocycles. The molecule has 27 heavy (non-hydrogen) atoms. The van der Waals surface area contributed by atoms with Gasteiger partial charge in [-0.1, -0.05) is 18.2 Å². The molecule has 1 heterocycles. The summed E-state index contributed by atoms with van der Waals surface area (Å²) in [5.41, 5.74) is 1.76. The number of nitrogens with zero attached hydrogens (tertiary/aromatic N) is 2. The van der Waals surface area contributed by atoms with Gasteiger partial charge in [0.05, 0.1) is 17.8 Å². The van der Waals surface area contributed by atoms with Crippen LogP contribution in [0.1, 0.15) is 42.9 Å². The normalized spacial score (nSPS) is 12.0. The maximum atomic E-state index is 13.4. The fourth-order valence-electron chi connectivity index (χ4n) is 2.69. The highest BCUT2D eigenvalue weighted by Gasteiger charge is 2.15. The predicted molar refractivity (Wildman–Crippen MR) is 102 cm³/mol. The maximum Gasteiger partial charge on any atom is 0.272 e. The number of aromatic nitrogens is 2. The standard InChI is InChI=1S/C21H22FN3O2/c1-14(2)27-19-9-4-6-16(12-19)15(3)23-21(26)20-10-11-25(24-20)18-8-5-7-17(22)13-18/h4-15H,1-3H3,(H,23,26). The van der Waals surface area contributed by atoms with Gasteiger partial charge in [-0.3, -0.25) is 4.79 Å². The number of halogens is 1. The Morgan fingerprint density at radius 2 is 1.89 bits per heavy atom. The Morgan fingerprint density at radius 1 is 1.11 bits per heavy atom. The van der Waals surface area contributed by atoms with Crippen molar-refractivity contribution in [1.29, 1.82) is 0 Å². The van der Waals surface area contributed by atoms with Gasteiger partial charge in [0, 0.05) is 6.20 Å². The minimum atomic E-state index is -0.355. The molecule has 140 valence electrons. The van der Waals surface area contributed by atoms with E-state index < -0.39 is 0 Å². The molecule has 3 rings (SSSR count). The number of rotatable bonds is 6. The Hall–Kier alpha value is -3.15. The topological polar surface area (TPSA) is 56.1 Å². The van der Waals surface area contributed by atoms with Crippen LogP contribution in [-0.4, -0.2) is 21.8 Å². The molecule has 0 saturated heterocycles. The number of hydrogen-bond donors (Lipinski definition) is 1. The van der Waals surface area contributed by atoms with Gasteiger partial charge in [-0.2, -0.15) is 5.10 Å². The van der Waals surface area contributed by atoms with E-state index in [4.69, 9.17) is 4.74 Å². The third-order valence-electron chi connectivity index (χ3n) is 3.97. The second-order valence-corrected chi connectivity index (χ2v) is 6.56. The van der Waals surface area contributed by atoms with Gasteiger partial charge in [0.1, 0.15) is 11.6 Å². The molecule has 5 nitrogen and oxygen atoms in total. The lowest BCUT2D eigenvalue weighted by Gasteiger charge is -2.16. The molecule has 2 aromatic carbocycles. The van der Waals surface area contributed by atoms with Crippen LogP contribution in [0.2, 0.25) is 0 Å². The van der Waals surface area contributed by atoms with Gasteiger partial charge < -0.3 is 10.1 Å². The van der Waals surface area contributed by atoms with Gasteiger partial charge in [0.15, 0.2) is 5.69 Å². The first-order valence-electron chi connectivity index (χ1n) is 8.81. The molecule has 0 saturated carbocycles. The summed E-state index contributed by atoms with van der Waals surface area (Å²) in [6, 6.07) is 15.1. The molecule has 0 aliphatic rings. The minimum absolute atomic E-state index is 0.0805. The lowest BCUT2D eigenvalue weighted by atomic mass is 10.1. The number of carbonyl (C=O) groups is 1. The summed E-state index contributed by atoms with van der Waals surface area (Å²) in [4.78, 5) is 12.5. The van der Waals surface area contributed by atoms with E-state index in [9.17, 15) is 9.18 Å². The highest BCUT2D eigenvalue weighted by Crippen LogP contribution is 2.20. The SMILES string of the molecule is CC(C)Oc1cccc(C(C)NC(=O)c2ccn(-c3cccc(F)c3)n2)c1. The average Bonchev–Trinajstić information content (AvgIpc) is 3.11. The number of nitrogens with one attached hydrogen (secondary N) is 1. The van der Waals surface area contributed by atoms with Crippen LogP contribution in [0.5, 0.6) is 5.75 Å². The van der Waals surface area contributed by atoms with E-state index in [0.29, 0.717) is 5.69 Å². The molecule has 0 bridgehead atoms. The van der Waals surface area contributed by atoms with Crippen molar-refractivity contribution in [1.82, 2.24) is 15.1 Å². The quantitative estimate of drug-likeness (QED) is 0.707. The van der Waals surface area contributed by atoms with E-state index in [-0.39, 0.29) is 29.6 Å². The minimum Gasteiger partial charge on any atom is -0.491 e. The number of ether oxygens (including phenoxy) is 1. The van der Waals surface area contributed by atoms with E-state index >= 15 is 0 Å². The lowest BCUT2D eigenvalue weighted by Crippen LogP contribution is -2.27. The highest BCUT2D eigenvalue weighted by molar-refractivity contribution is 5.92. The van der Waals surface area contributed by atoms with Crippen LogP contribution in [0.15, 0.2) is 60.8 Å². The molecule has 1 aromatic heterocycles. The van der Waals surface area contributed by atoms with Gasteiger partial charge in [-0.05, 0) is 62.7 Å². The highest BCUT2D eigenvalue weighted by atomic mass is 19.1. The van der Waals surface area contributed by atoms with E-state index in [1.54, 1.807) is 24.4 Å². The summed E-state index contributed by atoms with van der Waals surface area (Å²) in [7, 11) is 0. The molecule has 0 spiro atoms. The van der Waals surface area contributed by atoms with E-state index in [2.05, 4.69) is 10.4 Å². The zero-order valence-electron chi connectivity index (χ0n) is 15.5. The van der Waals surface area contributed by atoms with Gasteiger partial charge >= 0.3 is 0 Å². The van der Waals surface area contributed by atoms with E-state index in [1.165, 1.54) is 16.8 Å². The fraction of sp³-hybridized carbons (Fsp3) is 0.238. The lowest BCUT2D eigenvalue weighted by molar-refractivity contribution is 0.0934. The predicted octanol–water partition coefficient (Wildman–Crippen LogP) is 4.29. The van der Waals surface area contributed by atoms with Crippen LogP contribution in [0, 0.1) is 5.82 Å². The molecule has 1 N–H and O–H groups in total. The van der Waals surface area contributed by atoms with Crippen LogP contribution < -0.4 is 10.1 Å². The summed E-state index contributed by atoms with van der Waals surface area (Å²) in [5, 5.41) is 7.16. The van der Waals surface area contributed by atoms with E-state index in [1.807, 2.05) is 45.0 Å². The van der Waals surface area contributed by atoms with E-state index in [0.717, 1.165) is 11.3 Å². The Morgan fingerprint density at radius 3 is 2.63 bits per heavy atom. The first-order chi connectivity index (χ1) is 12.9. The van der Waals surface area contributed by atoms with Crippen LogP contribution >= 0.6 is 0 Å². The Kier molecular flexibility index (Phi) is 5.54. The summed E-state index contributed by atoms with van der Waals surface area (Å²) in [6.07, 6.45) is 1.71. The molecule has 0 fully saturated rings. The molecule has 3 aromatic rings. The molecule has 6 heteroatoms. The van der Waals surface area contributed by atoms with Crippen LogP contribution in [0.4, 0.5) is 4.39 Å². The largest absolute Gasteiger partial charge is 0.491 e. The fourth-order valence-corrected chi connectivity index (χ4v) is 2.69. The molecule has 1 unspecified atom stereocenters. The third kappa shape index (κ3) is 4.73. The number of hydrogen-bond acceptors (Lipinski definition) is 3. The van der Waals surface area contributed by atoms with Crippen molar-refractivity contribution in [2.45, 2.75) is 32.9 Å². The number of amides is 1. The van der Waals surface area contributed by atoms with Crippen LogP contribution in [-0.2, 0) is 0 Å². The van der Waals surface area contributed by atoms with Gasteiger partial charge in [-0.25, -0.2) is 9.07 Å². The summed E-state index contributed by atoms with van der Waals surface area (Å²) in [5.74, 6) is 0.109. The van der Waals surface area contributed by atoms with Crippen molar-refractivity contribution in [3.8, 4) is 11.4 Å². The van der Waals surface area contributed by atoms with Gasteiger partial charge in [-0.15, -0.1) is 0 Å². The first-order valence-corrected chi connectivity index (χ1v) is 8.81. The molecule has 0 aliphatic heterocycles. The monoisotopic (exact) mass is 367 g/mol. The Labute approximate surface area is 157 Å². The zero-order chi connectivity index (χ0) is 19.4. The third-order valence-corrected chi connectivity index (χ3v) is 3.97. The molecular formula is C21H22FN3O2. The van der Waals surface area contributed by atoms with Crippen molar-refractivity contribution < 1.29 is 13.9 Å². The Bertz CT molecular complexity index is 936. The maximum absolute atomic E-state index is 13.4. The summed E-state index contributed by atoms with van der Waals surface area (Å²) in [6.45, 7) is 5.83. The second kappa shape index (κ2) is 8.03.